The van der Waals surface area contributed by atoms with Gasteiger partial charge in [-0.15, -0.1) is 0 Å². The first-order valence-electron chi connectivity index (χ1n) is 10.9. The smallest absolute Gasteiger partial charge is 0.251 e. The number of rotatable bonds is 9. The van der Waals surface area contributed by atoms with Crippen molar-refractivity contribution in [1.82, 2.24) is 10.0 Å². The minimum Gasteiger partial charge on any atom is -0.340 e. The Morgan fingerprint density at radius 3 is 2.21 bits per heavy atom. The van der Waals surface area contributed by atoms with Gasteiger partial charge >= 0.3 is 0 Å². The largest absolute Gasteiger partial charge is 0.340 e. The molecule has 1 unspecified atom stereocenters. The molecule has 0 fully saturated rings. The lowest BCUT2D eigenvalue weighted by molar-refractivity contribution is -0.118. The molecule has 3 rings (SSSR count). The molecule has 0 aliphatic rings. The maximum Gasteiger partial charge on any atom is 0.251 e. The Balaban J connectivity index is 1.89. The first kappa shape index (κ1) is 24.4. The second kappa shape index (κ2) is 10.6. The maximum atomic E-state index is 13.1. The third-order valence-corrected chi connectivity index (χ3v) is 6.76. The average Bonchev–Trinajstić information content (AvgIpc) is 2.81. The van der Waals surface area contributed by atoms with Crippen LogP contribution in [0, 0.1) is 5.92 Å². The van der Waals surface area contributed by atoms with Gasteiger partial charge in [-0.05, 0) is 36.6 Å². The highest BCUT2D eigenvalue weighted by molar-refractivity contribution is 7.89. The lowest BCUT2D eigenvalue weighted by Crippen LogP contribution is -2.47. The van der Waals surface area contributed by atoms with Gasteiger partial charge in [-0.3, -0.25) is 9.59 Å². The molecular formula is C25H29N3O4S. The van der Waals surface area contributed by atoms with Crippen LogP contribution in [0.1, 0.15) is 37.6 Å². The normalized spacial score (nSPS) is 12.5. The fraction of sp³-hybridized carbons (Fsp3) is 0.280. The Labute approximate surface area is 194 Å². The summed E-state index contributed by atoms with van der Waals surface area (Å²) < 4.78 is 28.1. The molecule has 0 aliphatic heterocycles. The van der Waals surface area contributed by atoms with E-state index in [4.69, 9.17) is 0 Å². The summed E-state index contributed by atoms with van der Waals surface area (Å²) in [4.78, 5) is 25.9. The third-order valence-electron chi connectivity index (χ3n) is 5.24. The Bertz CT molecular complexity index is 1240. The summed E-state index contributed by atoms with van der Waals surface area (Å²) in [7, 11) is -3.69. The highest BCUT2D eigenvalue weighted by atomic mass is 32.2. The molecule has 0 saturated heterocycles. The van der Waals surface area contributed by atoms with Crippen LogP contribution < -0.4 is 15.4 Å². The van der Waals surface area contributed by atoms with E-state index in [1.807, 2.05) is 26.8 Å². The molecule has 2 amide bonds. The van der Waals surface area contributed by atoms with Crippen molar-refractivity contribution in [2.45, 2.75) is 38.1 Å². The highest BCUT2D eigenvalue weighted by Gasteiger charge is 2.25. The van der Waals surface area contributed by atoms with Crippen molar-refractivity contribution in [3.05, 3.63) is 72.3 Å². The van der Waals surface area contributed by atoms with E-state index >= 15 is 0 Å². The van der Waals surface area contributed by atoms with Crippen LogP contribution in [0.2, 0.25) is 0 Å². The maximum absolute atomic E-state index is 13.1. The van der Waals surface area contributed by atoms with E-state index in [9.17, 15) is 18.0 Å². The van der Waals surface area contributed by atoms with Crippen LogP contribution in [-0.2, 0) is 14.8 Å². The van der Waals surface area contributed by atoms with Gasteiger partial charge < -0.3 is 10.6 Å². The molecule has 174 valence electrons. The zero-order valence-electron chi connectivity index (χ0n) is 19.0. The second-order valence-electron chi connectivity index (χ2n) is 8.11. The summed E-state index contributed by atoms with van der Waals surface area (Å²) in [6, 6.07) is 18.0. The second-order valence-corrected chi connectivity index (χ2v) is 9.84. The van der Waals surface area contributed by atoms with Gasteiger partial charge in [0.25, 0.3) is 5.91 Å². The summed E-state index contributed by atoms with van der Waals surface area (Å²) in [6.45, 7) is 5.93. The standard InChI is InChI=1S/C25H29N3O4S/c1-4-16-26-33(31,32)22-15-9-12-19-20(22)13-8-14-21(19)27-25(30)23(17(2)3)28-24(29)18-10-6-5-7-11-18/h5-15,17,23,26H,4,16H2,1-3H3,(H,27,30)(H,28,29). The lowest BCUT2D eigenvalue weighted by Gasteiger charge is -2.22. The number of hydrogen-bond donors (Lipinski definition) is 3. The van der Waals surface area contributed by atoms with Gasteiger partial charge in [0, 0.05) is 28.6 Å². The van der Waals surface area contributed by atoms with Crippen LogP contribution in [-0.4, -0.2) is 32.8 Å². The molecule has 3 aromatic rings. The lowest BCUT2D eigenvalue weighted by atomic mass is 10.0. The number of carbonyl (C=O) groups is 2. The average molecular weight is 468 g/mol. The van der Waals surface area contributed by atoms with Crippen molar-refractivity contribution in [3.63, 3.8) is 0 Å². The molecule has 1 atom stereocenters. The van der Waals surface area contributed by atoms with Gasteiger partial charge in [0.1, 0.15) is 6.04 Å². The Morgan fingerprint density at radius 2 is 1.55 bits per heavy atom. The SMILES string of the molecule is CCCNS(=O)(=O)c1cccc2c(NC(=O)C(NC(=O)c3ccccc3)C(C)C)cccc12. The van der Waals surface area contributed by atoms with Crippen molar-refractivity contribution >= 4 is 38.3 Å². The number of nitrogens with one attached hydrogen (secondary N) is 3. The minimum atomic E-state index is -3.69. The van der Waals surface area contributed by atoms with Crippen LogP contribution in [0.5, 0.6) is 0 Å². The predicted octanol–water partition coefficient (Wildman–Crippen LogP) is 3.92. The molecule has 0 radical (unpaired) electrons. The summed E-state index contributed by atoms with van der Waals surface area (Å²) in [5, 5.41) is 6.79. The molecule has 33 heavy (non-hydrogen) atoms. The Hall–Kier alpha value is -3.23. The number of amides is 2. The number of fused-ring (bicyclic) bond motifs is 1. The van der Waals surface area contributed by atoms with Gasteiger partial charge in [-0.25, -0.2) is 13.1 Å². The summed E-state index contributed by atoms with van der Waals surface area (Å²) >= 11 is 0. The molecule has 0 aromatic heterocycles. The predicted molar refractivity (Wildman–Crippen MR) is 131 cm³/mol. The van der Waals surface area contributed by atoms with E-state index in [1.54, 1.807) is 60.7 Å². The van der Waals surface area contributed by atoms with E-state index in [0.717, 1.165) is 0 Å². The topological polar surface area (TPSA) is 104 Å². The van der Waals surface area contributed by atoms with Gasteiger partial charge in [-0.1, -0.05) is 63.2 Å². The Kier molecular flexibility index (Phi) is 7.84. The van der Waals surface area contributed by atoms with E-state index in [1.165, 1.54) is 0 Å². The van der Waals surface area contributed by atoms with E-state index in [2.05, 4.69) is 15.4 Å². The van der Waals surface area contributed by atoms with Crippen LogP contribution in [0.15, 0.2) is 71.6 Å². The van der Waals surface area contributed by atoms with Crippen molar-refractivity contribution in [1.29, 1.82) is 0 Å². The zero-order valence-corrected chi connectivity index (χ0v) is 19.8. The molecule has 0 heterocycles. The quantitative estimate of drug-likeness (QED) is 0.444. The monoisotopic (exact) mass is 467 g/mol. The van der Waals surface area contributed by atoms with Gasteiger partial charge in [0.15, 0.2) is 0 Å². The fourth-order valence-corrected chi connectivity index (χ4v) is 4.85. The molecule has 7 nitrogen and oxygen atoms in total. The van der Waals surface area contributed by atoms with Crippen LogP contribution in [0.3, 0.4) is 0 Å². The van der Waals surface area contributed by atoms with Crippen molar-refractivity contribution < 1.29 is 18.0 Å². The summed E-state index contributed by atoms with van der Waals surface area (Å²) in [6.07, 6.45) is 0.677. The zero-order chi connectivity index (χ0) is 24.0. The first-order valence-corrected chi connectivity index (χ1v) is 12.4. The van der Waals surface area contributed by atoms with Crippen LogP contribution in [0.4, 0.5) is 5.69 Å². The van der Waals surface area contributed by atoms with Crippen molar-refractivity contribution in [3.8, 4) is 0 Å². The molecule has 0 saturated carbocycles. The van der Waals surface area contributed by atoms with Crippen molar-refractivity contribution in [2.24, 2.45) is 5.92 Å². The molecule has 0 aliphatic carbocycles. The van der Waals surface area contributed by atoms with Crippen LogP contribution in [0.25, 0.3) is 10.8 Å². The van der Waals surface area contributed by atoms with E-state index < -0.39 is 16.1 Å². The fourth-order valence-electron chi connectivity index (χ4n) is 3.50. The first-order chi connectivity index (χ1) is 15.7. The van der Waals surface area contributed by atoms with Gasteiger partial charge in [0.2, 0.25) is 15.9 Å². The van der Waals surface area contributed by atoms with Crippen molar-refractivity contribution in [2.75, 3.05) is 11.9 Å². The van der Waals surface area contributed by atoms with Crippen LogP contribution >= 0.6 is 0 Å². The molecule has 3 aromatic carbocycles. The van der Waals surface area contributed by atoms with Gasteiger partial charge in [-0.2, -0.15) is 0 Å². The summed E-state index contributed by atoms with van der Waals surface area (Å²) in [5.74, 6) is -0.876. The number of sulfonamides is 1. The van der Waals surface area contributed by atoms with E-state index in [0.29, 0.717) is 35.0 Å². The molecule has 0 spiro atoms. The Morgan fingerprint density at radius 1 is 0.879 bits per heavy atom. The molecule has 0 bridgehead atoms. The highest BCUT2D eigenvalue weighted by Crippen LogP contribution is 2.29. The number of anilines is 1. The van der Waals surface area contributed by atoms with Gasteiger partial charge in [0.05, 0.1) is 4.90 Å². The minimum absolute atomic E-state index is 0.155. The summed E-state index contributed by atoms with van der Waals surface area (Å²) in [5.41, 5.74) is 0.945. The number of carbonyl (C=O) groups excluding carboxylic acids is 2. The number of benzene rings is 3. The third kappa shape index (κ3) is 5.77. The molecule has 8 heteroatoms. The number of hydrogen-bond acceptors (Lipinski definition) is 4. The van der Waals surface area contributed by atoms with E-state index in [-0.39, 0.29) is 22.6 Å². The molecule has 3 N–H and O–H groups in total. The molecular weight excluding hydrogens is 438 g/mol.